The van der Waals surface area contributed by atoms with Crippen LogP contribution in [0.5, 0.6) is 5.75 Å². The molecule has 268 valence electrons. The van der Waals surface area contributed by atoms with Gasteiger partial charge in [0.1, 0.15) is 17.4 Å². The standard InChI is InChI=1S/C36H52FN7O5/c1-36(2,32(26-5-8-28(45)9-6-26)35(49)44-20-11-25(12-21-44)23-31(46)47)42-34(48)29-10-7-27(24-30(29)37)33(38)43-19-4-15-40-17-16-39-13-3-14-41-18-22-43/h5-10,24-25,32,38-41,45H,3-4,11-23H2,1-2H3,(H,42,48)(H,46,47). The molecular formula is C36H52FN7O5. The molecule has 2 saturated heterocycles. The third-order valence-corrected chi connectivity index (χ3v) is 9.35. The Morgan fingerprint density at radius 2 is 1.53 bits per heavy atom. The number of carbonyl (C=O) groups is 3. The number of nitrogens with zero attached hydrogens (tertiary/aromatic N) is 2. The van der Waals surface area contributed by atoms with E-state index < -0.39 is 29.2 Å². The first-order valence-electron chi connectivity index (χ1n) is 17.3. The highest BCUT2D eigenvalue weighted by atomic mass is 19.1. The summed E-state index contributed by atoms with van der Waals surface area (Å²) in [4.78, 5) is 42.5. The molecule has 0 spiro atoms. The van der Waals surface area contributed by atoms with Gasteiger partial charge in [-0.15, -0.1) is 0 Å². The Labute approximate surface area is 288 Å². The van der Waals surface area contributed by atoms with Gasteiger partial charge in [0.2, 0.25) is 5.91 Å². The van der Waals surface area contributed by atoms with Crippen molar-refractivity contribution in [3.8, 4) is 5.75 Å². The monoisotopic (exact) mass is 681 g/mol. The van der Waals surface area contributed by atoms with E-state index in [2.05, 4.69) is 21.3 Å². The second-order valence-electron chi connectivity index (χ2n) is 13.6. The number of hydrogen-bond acceptors (Lipinski definition) is 8. The molecule has 0 bridgehead atoms. The second kappa shape index (κ2) is 18.1. The maximum Gasteiger partial charge on any atom is 0.303 e. The molecule has 7 N–H and O–H groups in total. The minimum absolute atomic E-state index is 0.0125. The summed E-state index contributed by atoms with van der Waals surface area (Å²) in [7, 11) is 0. The lowest BCUT2D eigenvalue weighted by Gasteiger charge is -2.40. The third-order valence-electron chi connectivity index (χ3n) is 9.35. The quantitative estimate of drug-likeness (QED) is 0.164. The van der Waals surface area contributed by atoms with Crippen molar-refractivity contribution in [1.82, 2.24) is 31.1 Å². The number of phenolic OH excluding ortho intramolecular Hbond substituents is 1. The van der Waals surface area contributed by atoms with E-state index >= 15 is 4.39 Å². The van der Waals surface area contributed by atoms with Gasteiger partial charge in [-0.1, -0.05) is 18.2 Å². The molecule has 1 unspecified atom stereocenters. The van der Waals surface area contributed by atoms with Crippen molar-refractivity contribution in [2.75, 3.05) is 65.4 Å². The zero-order chi connectivity index (χ0) is 35.4. The number of amidine groups is 1. The number of rotatable bonds is 8. The molecule has 0 radical (unpaired) electrons. The molecule has 13 heteroatoms. The Morgan fingerprint density at radius 3 is 2.16 bits per heavy atom. The first-order chi connectivity index (χ1) is 23.5. The van der Waals surface area contributed by atoms with Crippen LogP contribution in [0.3, 0.4) is 0 Å². The minimum Gasteiger partial charge on any atom is -0.508 e. The number of hydrogen-bond donors (Lipinski definition) is 7. The van der Waals surface area contributed by atoms with Crippen molar-refractivity contribution in [3.63, 3.8) is 0 Å². The number of likely N-dealkylation sites (tertiary alicyclic amines) is 1. The molecule has 49 heavy (non-hydrogen) atoms. The van der Waals surface area contributed by atoms with Crippen molar-refractivity contribution in [1.29, 1.82) is 5.41 Å². The van der Waals surface area contributed by atoms with Crippen LogP contribution in [-0.4, -0.2) is 115 Å². The molecule has 2 aromatic rings. The van der Waals surface area contributed by atoms with Gasteiger partial charge in [0.25, 0.3) is 5.91 Å². The van der Waals surface area contributed by atoms with Crippen LogP contribution in [0.4, 0.5) is 4.39 Å². The fourth-order valence-electron chi connectivity index (χ4n) is 6.62. The van der Waals surface area contributed by atoms with Gasteiger partial charge >= 0.3 is 5.97 Å². The van der Waals surface area contributed by atoms with Gasteiger partial charge in [-0.2, -0.15) is 0 Å². The number of piperidine rings is 1. The van der Waals surface area contributed by atoms with Gasteiger partial charge < -0.3 is 41.3 Å². The van der Waals surface area contributed by atoms with Crippen LogP contribution in [0.1, 0.15) is 73.4 Å². The Morgan fingerprint density at radius 1 is 0.898 bits per heavy atom. The predicted molar refractivity (Wildman–Crippen MR) is 187 cm³/mol. The van der Waals surface area contributed by atoms with Crippen molar-refractivity contribution in [3.05, 3.63) is 65.0 Å². The average molecular weight is 682 g/mol. The summed E-state index contributed by atoms with van der Waals surface area (Å²) in [5.74, 6) is -3.23. The fraction of sp³-hybridized carbons (Fsp3) is 0.556. The first-order valence-corrected chi connectivity index (χ1v) is 17.3. The van der Waals surface area contributed by atoms with Crippen LogP contribution in [0.2, 0.25) is 0 Å². The highest BCUT2D eigenvalue weighted by molar-refractivity contribution is 6.00. The van der Waals surface area contributed by atoms with Gasteiger partial charge in [0.05, 0.1) is 17.0 Å². The highest BCUT2D eigenvalue weighted by Crippen LogP contribution is 2.34. The number of carboxylic acid groups (broad SMARTS) is 1. The molecular weight excluding hydrogens is 629 g/mol. The number of halogens is 1. The van der Waals surface area contributed by atoms with Crippen LogP contribution in [0.15, 0.2) is 42.5 Å². The maximum atomic E-state index is 15.6. The Kier molecular flexibility index (Phi) is 13.9. The van der Waals surface area contributed by atoms with E-state index in [-0.39, 0.29) is 35.4 Å². The maximum absolute atomic E-state index is 15.6. The zero-order valence-electron chi connectivity index (χ0n) is 28.7. The van der Waals surface area contributed by atoms with E-state index in [0.717, 1.165) is 45.6 Å². The summed E-state index contributed by atoms with van der Waals surface area (Å²) in [6.45, 7) is 10.5. The summed E-state index contributed by atoms with van der Waals surface area (Å²) in [5.41, 5.74) is -0.440. The molecule has 2 fully saturated rings. The van der Waals surface area contributed by atoms with Gasteiger partial charge in [0.15, 0.2) is 0 Å². The van der Waals surface area contributed by atoms with E-state index in [9.17, 15) is 24.6 Å². The molecule has 0 saturated carbocycles. The lowest BCUT2D eigenvalue weighted by Crippen LogP contribution is -2.54. The summed E-state index contributed by atoms with van der Waals surface area (Å²) in [6.07, 6.45) is 2.99. The SMILES string of the molecule is CC(C)(NC(=O)c1ccc(C(=N)N2CCCNCCNCCCNCC2)cc1F)C(C(=O)N1CCC(CC(=O)O)CC1)c1ccc(O)cc1. The van der Waals surface area contributed by atoms with Crippen molar-refractivity contribution >= 4 is 23.6 Å². The largest absolute Gasteiger partial charge is 0.508 e. The smallest absolute Gasteiger partial charge is 0.303 e. The lowest BCUT2D eigenvalue weighted by molar-refractivity contribution is -0.139. The number of aliphatic carboxylic acids is 1. The summed E-state index contributed by atoms with van der Waals surface area (Å²) in [5, 5.41) is 41.1. The first kappa shape index (κ1) is 37.7. The molecule has 1 atom stereocenters. The van der Waals surface area contributed by atoms with Gasteiger partial charge in [-0.05, 0) is 94.9 Å². The molecule has 2 aliphatic heterocycles. The Hall–Kier alpha value is -4.07. The second-order valence-corrected chi connectivity index (χ2v) is 13.6. The minimum atomic E-state index is -1.19. The van der Waals surface area contributed by atoms with Crippen LogP contribution in [-0.2, 0) is 9.59 Å². The molecule has 2 aromatic carbocycles. The molecule has 2 aliphatic rings. The van der Waals surface area contributed by atoms with Crippen LogP contribution in [0, 0.1) is 17.1 Å². The molecule has 12 nitrogen and oxygen atoms in total. The zero-order valence-corrected chi connectivity index (χ0v) is 28.7. The van der Waals surface area contributed by atoms with Gasteiger partial charge in [-0.25, -0.2) is 4.39 Å². The van der Waals surface area contributed by atoms with E-state index in [0.29, 0.717) is 56.7 Å². The number of amides is 2. The predicted octanol–water partition coefficient (Wildman–Crippen LogP) is 2.73. The summed E-state index contributed by atoms with van der Waals surface area (Å²) >= 11 is 0. The Balaban J connectivity index is 1.48. The number of phenols is 1. The number of nitrogens with one attached hydrogen (secondary N) is 5. The fourth-order valence-corrected chi connectivity index (χ4v) is 6.62. The normalized spacial score (nSPS) is 18.3. The number of aromatic hydroxyl groups is 1. The summed E-state index contributed by atoms with van der Waals surface area (Å²) < 4.78 is 15.6. The van der Waals surface area contributed by atoms with Crippen LogP contribution < -0.4 is 21.3 Å². The third kappa shape index (κ3) is 11.0. The topological polar surface area (TPSA) is 170 Å². The van der Waals surface area contributed by atoms with Crippen molar-refractivity contribution in [2.45, 2.75) is 57.4 Å². The molecule has 2 amide bonds. The van der Waals surface area contributed by atoms with Crippen LogP contribution >= 0.6 is 0 Å². The number of carbonyl (C=O) groups excluding carboxylic acids is 2. The average Bonchev–Trinajstić information content (AvgIpc) is 3.06. The van der Waals surface area contributed by atoms with Crippen molar-refractivity contribution < 1.29 is 29.0 Å². The van der Waals surface area contributed by atoms with Gasteiger partial charge in [-0.3, -0.25) is 19.8 Å². The van der Waals surface area contributed by atoms with E-state index in [1.54, 1.807) is 36.9 Å². The van der Waals surface area contributed by atoms with E-state index in [1.807, 2.05) is 4.90 Å². The molecule has 0 aromatic heterocycles. The molecule has 0 aliphatic carbocycles. The highest BCUT2D eigenvalue weighted by Gasteiger charge is 2.41. The number of carboxylic acids is 1. The van der Waals surface area contributed by atoms with E-state index in [4.69, 9.17) is 5.41 Å². The van der Waals surface area contributed by atoms with Crippen molar-refractivity contribution in [2.24, 2.45) is 5.92 Å². The van der Waals surface area contributed by atoms with E-state index in [1.165, 1.54) is 24.3 Å². The lowest BCUT2D eigenvalue weighted by atomic mass is 9.79. The molecule has 4 rings (SSSR count). The van der Waals surface area contributed by atoms with Crippen LogP contribution in [0.25, 0.3) is 0 Å². The Bertz CT molecular complexity index is 1420. The number of benzene rings is 2. The molecule has 2 heterocycles. The van der Waals surface area contributed by atoms with Gasteiger partial charge in [0, 0.05) is 57.8 Å². The summed E-state index contributed by atoms with van der Waals surface area (Å²) in [6, 6.07) is 10.4.